The predicted octanol–water partition coefficient (Wildman–Crippen LogP) is 4.12. The van der Waals surface area contributed by atoms with E-state index in [1.807, 2.05) is 0 Å². The molecule has 1 aliphatic rings. The normalized spacial score (nSPS) is 20.0. The van der Waals surface area contributed by atoms with Crippen molar-refractivity contribution in [2.75, 3.05) is 12.4 Å². The molecule has 0 aromatic heterocycles. The summed E-state index contributed by atoms with van der Waals surface area (Å²) in [7, 11) is 1.43. The van der Waals surface area contributed by atoms with E-state index < -0.39 is 24.2 Å². The second-order valence-electron chi connectivity index (χ2n) is 5.52. The Labute approximate surface area is 157 Å². The summed E-state index contributed by atoms with van der Waals surface area (Å²) in [5.74, 6) is -3.31. The third-order valence-corrected chi connectivity index (χ3v) is 4.59. The molecule has 0 radical (unpaired) electrons. The van der Waals surface area contributed by atoms with Crippen LogP contribution in [0.2, 0.25) is 10.0 Å². The van der Waals surface area contributed by atoms with E-state index in [2.05, 4.69) is 5.32 Å². The van der Waals surface area contributed by atoms with Gasteiger partial charge in [0, 0.05) is 0 Å². The van der Waals surface area contributed by atoms with Gasteiger partial charge in [-0.3, -0.25) is 4.79 Å². The number of aliphatic hydroxyl groups is 1. The first kappa shape index (κ1) is 18.8. The fraction of sp³-hybridized carbons (Fsp3) is 0.235. The summed E-state index contributed by atoms with van der Waals surface area (Å²) < 4.78 is 37.4. The molecule has 0 spiro atoms. The predicted molar refractivity (Wildman–Crippen MR) is 91.8 cm³/mol. The highest BCUT2D eigenvalue weighted by Crippen LogP contribution is 2.47. The van der Waals surface area contributed by atoms with Crippen LogP contribution in [0.4, 0.5) is 14.5 Å². The standard InChI is InChI=1S/C17H13Cl2F2NO4/c1-25-9-4-2-8(3-5-9)14(15(20)21)26-17(24)12-10(18)6-7-11(19)13(12)22-16(17)23/h2-7,14-15,24H,1H3,(H,22,23). The lowest BCUT2D eigenvalue weighted by Gasteiger charge is -2.28. The van der Waals surface area contributed by atoms with Gasteiger partial charge in [-0.05, 0) is 29.8 Å². The number of hydrogen-bond donors (Lipinski definition) is 2. The molecule has 3 rings (SSSR count). The van der Waals surface area contributed by atoms with Gasteiger partial charge < -0.3 is 19.9 Å². The van der Waals surface area contributed by atoms with E-state index in [0.29, 0.717) is 5.75 Å². The van der Waals surface area contributed by atoms with Crippen molar-refractivity contribution in [3.8, 4) is 5.75 Å². The zero-order chi connectivity index (χ0) is 19.1. The average molecular weight is 404 g/mol. The average Bonchev–Trinajstić information content (AvgIpc) is 2.89. The molecule has 1 heterocycles. The molecule has 2 N–H and O–H groups in total. The lowest BCUT2D eigenvalue weighted by Crippen LogP contribution is -2.39. The molecular weight excluding hydrogens is 391 g/mol. The summed E-state index contributed by atoms with van der Waals surface area (Å²) in [6.45, 7) is 0. The number of methoxy groups -OCH3 is 1. The summed E-state index contributed by atoms with van der Waals surface area (Å²) in [5.41, 5.74) is -0.126. The Morgan fingerprint density at radius 1 is 1.12 bits per heavy atom. The Bertz CT molecular complexity index is 847. The molecule has 2 aromatic rings. The summed E-state index contributed by atoms with van der Waals surface area (Å²) >= 11 is 12.0. The van der Waals surface area contributed by atoms with E-state index in [1.165, 1.54) is 43.5 Å². The first-order valence-electron chi connectivity index (χ1n) is 7.40. The largest absolute Gasteiger partial charge is 0.497 e. The summed E-state index contributed by atoms with van der Waals surface area (Å²) in [4.78, 5) is 12.3. The van der Waals surface area contributed by atoms with Crippen molar-refractivity contribution in [3.63, 3.8) is 0 Å². The van der Waals surface area contributed by atoms with Crippen molar-refractivity contribution in [1.82, 2.24) is 0 Å². The van der Waals surface area contributed by atoms with Crippen LogP contribution in [0.15, 0.2) is 36.4 Å². The second-order valence-corrected chi connectivity index (χ2v) is 6.34. The Morgan fingerprint density at radius 3 is 2.31 bits per heavy atom. The van der Waals surface area contributed by atoms with Crippen LogP contribution in [0, 0.1) is 0 Å². The topological polar surface area (TPSA) is 67.8 Å². The minimum atomic E-state index is -3.03. The lowest BCUT2D eigenvalue weighted by molar-refractivity contribution is -0.245. The van der Waals surface area contributed by atoms with Gasteiger partial charge in [0.15, 0.2) is 0 Å². The van der Waals surface area contributed by atoms with E-state index in [4.69, 9.17) is 32.7 Å². The van der Waals surface area contributed by atoms with Crippen LogP contribution in [0.5, 0.6) is 5.75 Å². The van der Waals surface area contributed by atoms with Gasteiger partial charge in [0.2, 0.25) is 0 Å². The number of nitrogens with one attached hydrogen (secondary N) is 1. The summed E-state index contributed by atoms with van der Waals surface area (Å²) in [6, 6.07) is 8.37. The van der Waals surface area contributed by atoms with E-state index in [9.17, 15) is 18.7 Å². The second kappa shape index (κ2) is 7.00. The van der Waals surface area contributed by atoms with Gasteiger partial charge in [-0.2, -0.15) is 0 Å². The number of ether oxygens (including phenoxy) is 2. The smallest absolute Gasteiger partial charge is 0.289 e. The van der Waals surface area contributed by atoms with Gasteiger partial charge in [0.1, 0.15) is 11.9 Å². The minimum Gasteiger partial charge on any atom is -0.497 e. The summed E-state index contributed by atoms with van der Waals surface area (Å²) in [5, 5.41) is 13.1. The van der Waals surface area contributed by atoms with Crippen molar-refractivity contribution < 1.29 is 28.2 Å². The van der Waals surface area contributed by atoms with Crippen molar-refractivity contribution >= 4 is 34.8 Å². The molecule has 5 nitrogen and oxygen atoms in total. The van der Waals surface area contributed by atoms with Crippen LogP contribution >= 0.6 is 23.2 Å². The van der Waals surface area contributed by atoms with Gasteiger partial charge in [-0.15, -0.1) is 0 Å². The third-order valence-electron chi connectivity index (χ3n) is 3.96. The Hall–Kier alpha value is -1.93. The van der Waals surface area contributed by atoms with Crippen LogP contribution in [-0.2, 0) is 15.3 Å². The molecule has 0 saturated heterocycles. The lowest BCUT2D eigenvalue weighted by atomic mass is 10.0. The van der Waals surface area contributed by atoms with Crippen LogP contribution in [0.25, 0.3) is 0 Å². The van der Waals surface area contributed by atoms with Crippen molar-refractivity contribution in [3.05, 3.63) is 57.6 Å². The highest BCUT2D eigenvalue weighted by atomic mass is 35.5. The van der Waals surface area contributed by atoms with Crippen molar-refractivity contribution in [1.29, 1.82) is 0 Å². The highest BCUT2D eigenvalue weighted by molar-refractivity contribution is 6.37. The fourth-order valence-electron chi connectivity index (χ4n) is 2.67. The van der Waals surface area contributed by atoms with E-state index in [0.717, 1.165) is 0 Å². The zero-order valence-electron chi connectivity index (χ0n) is 13.3. The molecule has 2 unspecified atom stereocenters. The maximum Gasteiger partial charge on any atom is 0.289 e. The number of alkyl halides is 2. The number of fused-ring (bicyclic) bond motifs is 1. The maximum atomic E-state index is 13.6. The zero-order valence-corrected chi connectivity index (χ0v) is 14.8. The highest BCUT2D eigenvalue weighted by Gasteiger charge is 2.52. The molecule has 0 saturated carbocycles. The van der Waals surface area contributed by atoms with Gasteiger partial charge in [-0.1, -0.05) is 35.3 Å². The van der Waals surface area contributed by atoms with E-state index in [-0.39, 0.29) is 26.9 Å². The third kappa shape index (κ3) is 3.12. The van der Waals surface area contributed by atoms with Crippen LogP contribution in [0.3, 0.4) is 0 Å². The SMILES string of the molecule is COc1ccc(C(OC2(O)C(=O)Nc3c(Cl)ccc(Cl)c32)C(F)F)cc1. The molecule has 0 aliphatic carbocycles. The molecule has 1 aliphatic heterocycles. The Balaban J connectivity index is 2.02. The van der Waals surface area contributed by atoms with Crippen molar-refractivity contribution in [2.45, 2.75) is 18.3 Å². The molecular formula is C17H13Cl2F2NO4. The molecule has 1 amide bonds. The van der Waals surface area contributed by atoms with E-state index in [1.54, 1.807) is 0 Å². The molecule has 26 heavy (non-hydrogen) atoms. The van der Waals surface area contributed by atoms with Gasteiger partial charge in [0.25, 0.3) is 18.1 Å². The Morgan fingerprint density at radius 2 is 1.73 bits per heavy atom. The number of rotatable bonds is 5. The monoisotopic (exact) mass is 403 g/mol. The molecule has 2 aromatic carbocycles. The number of halogens is 4. The number of carbonyl (C=O) groups is 1. The Kier molecular flexibility index (Phi) is 5.07. The number of carbonyl (C=O) groups excluding carboxylic acids is 1. The molecule has 0 fully saturated rings. The van der Waals surface area contributed by atoms with E-state index >= 15 is 0 Å². The van der Waals surface area contributed by atoms with Gasteiger partial charge >= 0.3 is 0 Å². The number of hydrogen-bond acceptors (Lipinski definition) is 4. The first-order valence-corrected chi connectivity index (χ1v) is 8.15. The molecule has 0 bridgehead atoms. The quantitative estimate of drug-likeness (QED) is 0.736. The molecule has 2 atom stereocenters. The van der Waals surface area contributed by atoms with Crippen LogP contribution in [0.1, 0.15) is 17.2 Å². The van der Waals surface area contributed by atoms with Gasteiger partial charge in [-0.25, -0.2) is 8.78 Å². The number of benzene rings is 2. The van der Waals surface area contributed by atoms with Crippen LogP contribution < -0.4 is 10.1 Å². The minimum absolute atomic E-state index is 0.0226. The fourth-order valence-corrected chi connectivity index (χ4v) is 3.16. The molecule has 9 heteroatoms. The van der Waals surface area contributed by atoms with Gasteiger partial charge in [0.05, 0.1) is 28.4 Å². The first-order chi connectivity index (χ1) is 12.3. The number of amides is 1. The number of anilines is 1. The maximum absolute atomic E-state index is 13.6. The van der Waals surface area contributed by atoms with Crippen LogP contribution in [-0.4, -0.2) is 24.5 Å². The van der Waals surface area contributed by atoms with Crippen molar-refractivity contribution in [2.24, 2.45) is 0 Å². The molecule has 138 valence electrons. The summed E-state index contributed by atoms with van der Waals surface area (Å²) in [6.07, 6.45) is -4.92.